The number of ether oxygens (including phenoxy) is 1. The highest BCUT2D eigenvalue weighted by Crippen LogP contribution is 2.35. The third kappa shape index (κ3) is 4.38. The highest BCUT2D eigenvalue weighted by atomic mass is 19.4. The van der Waals surface area contributed by atoms with Crippen LogP contribution in [0.2, 0.25) is 0 Å². The van der Waals surface area contributed by atoms with Crippen LogP contribution in [0.3, 0.4) is 0 Å². The molecule has 1 heterocycles. The summed E-state index contributed by atoms with van der Waals surface area (Å²) in [6.07, 6.45) is -4.17. The van der Waals surface area contributed by atoms with Gasteiger partial charge in [-0.1, -0.05) is 0 Å². The molecule has 0 aromatic carbocycles. The van der Waals surface area contributed by atoms with Crippen molar-refractivity contribution in [3.63, 3.8) is 0 Å². The van der Waals surface area contributed by atoms with Gasteiger partial charge in [-0.25, -0.2) is 0 Å². The Balaban J connectivity index is 3.17. The molecule has 0 fully saturated rings. The summed E-state index contributed by atoms with van der Waals surface area (Å²) in [7, 11) is 3.04. The Morgan fingerprint density at radius 3 is 2.50 bits per heavy atom. The van der Waals surface area contributed by atoms with Crippen LogP contribution < -0.4 is 4.48 Å². The van der Waals surface area contributed by atoms with Crippen molar-refractivity contribution in [2.75, 3.05) is 27.2 Å². The molecule has 0 aliphatic carbocycles. The van der Waals surface area contributed by atoms with Crippen molar-refractivity contribution in [3.8, 4) is 0 Å². The molecule has 0 bridgehead atoms. The number of hydrogen-bond donors (Lipinski definition) is 0. The van der Waals surface area contributed by atoms with Gasteiger partial charge in [-0.2, -0.15) is 18.2 Å². The number of carbonyl (C=O) groups excluding carboxylic acids is 1. The molecule has 0 unspecified atom stereocenters. The lowest BCUT2D eigenvalue weighted by molar-refractivity contribution is -0.385. The van der Waals surface area contributed by atoms with Gasteiger partial charge in [-0.05, 0) is 0 Å². The second-order valence-corrected chi connectivity index (χ2v) is 5.07. The molecule has 7 nitrogen and oxygen atoms in total. The maximum absolute atomic E-state index is 12.6. The van der Waals surface area contributed by atoms with Gasteiger partial charge in [0.05, 0.1) is 24.6 Å². The van der Waals surface area contributed by atoms with E-state index in [9.17, 15) is 28.1 Å². The number of alkyl halides is 3. The van der Waals surface area contributed by atoms with Gasteiger partial charge in [0, 0.05) is 19.2 Å². The molecule has 122 valence electrons. The van der Waals surface area contributed by atoms with Gasteiger partial charge in [-0.3, -0.25) is 19.4 Å². The first-order chi connectivity index (χ1) is 9.95. The van der Waals surface area contributed by atoms with Gasteiger partial charge < -0.3 is 4.74 Å². The van der Waals surface area contributed by atoms with Crippen molar-refractivity contribution in [2.24, 2.45) is 0 Å². The smallest absolute Gasteiger partial charge is 0.418 e. The predicted octanol–water partition coefficient (Wildman–Crippen LogP) is 2.14. The van der Waals surface area contributed by atoms with Crippen LogP contribution in [0.4, 0.5) is 24.7 Å². The number of quaternary nitrogens is 1. The van der Waals surface area contributed by atoms with Crippen LogP contribution in [-0.2, 0) is 15.7 Å². The van der Waals surface area contributed by atoms with E-state index in [2.05, 4.69) is 4.98 Å². The molecule has 0 radical (unpaired) electrons. The average molecular weight is 322 g/mol. The summed E-state index contributed by atoms with van der Waals surface area (Å²) in [5, 5.41) is 11.0. The fraction of sp³-hybridized carbons (Fsp3) is 0.500. The normalized spacial score (nSPS) is 12.1. The fourth-order valence-electron chi connectivity index (χ4n) is 1.73. The van der Waals surface area contributed by atoms with Crippen LogP contribution in [0.15, 0.2) is 12.3 Å². The van der Waals surface area contributed by atoms with Gasteiger partial charge in [-0.15, -0.1) is 0 Å². The Morgan fingerprint density at radius 2 is 2.05 bits per heavy atom. The molecule has 0 spiro atoms. The quantitative estimate of drug-likeness (QED) is 0.359. The van der Waals surface area contributed by atoms with Gasteiger partial charge in [0.15, 0.2) is 0 Å². The molecule has 0 amide bonds. The number of rotatable bonds is 5. The summed E-state index contributed by atoms with van der Waals surface area (Å²) in [4.78, 5) is 24.4. The maximum Gasteiger partial charge on any atom is 0.418 e. The standard InChI is InChI=1S/C12H15F3N3O4/c1-8(19)22-5-4-18(2,3)11-10(17(20)21)6-9(7-16-11)12(13,14)15/h6-7H,4-5H2,1-3H3/q+1. The Bertz CT molecular complexity index is 587. The van der Waals surface area contributed by atoms with E-state index in [1.165, 1.54) is 21.0 Å². The summed E-state index contributed by atoms with van der Waals surface area (Å²) in [6.45, 7) is 1.29. The van der Waals surface area contributed by atoms with E-state index < -0.39 is 28.3 Å². The maximum atomic E-state index is 12.6. The van der Waals surface area contributed by atoms with Crippen LogP contribution in [0.1, 0.15) is 12.5 Å². The topological polar surface area (TPSA) is 82.3 Å². The minimum absolute atomic E-state index is 0.0395. The molecule has 22 heavy (non-hydrogen) atoms. The van der Waals surface area contributed by atoms with E-state index in [0.717, 1.165) is 0 Å². The van der Waals surface area contributed by atoms with E-state index in [-0.39, 0.29) is 23.5 Å². The highest BCUT2D eigenvalue weighted by Gasteiger charge is 2.38. The van der Waals surface area contributed by atoms with Gasteiger partial charge in [0.1, 0.15) is 13.2 Å². The number of carbonyl (C=O) groups is 1. The third-order valence-corrected chi connectivity index (χ3v) is 2.90. The minimum Gasteiger partial charge on any atom is -0.460 e. The first kappa shape index (κ1) is 17.8. The van der Waals surface area contributed by atoms with E-state index in [0.29, 0.717) is 12.3 Å². The van der Waals surface area contributed by atoms with Crippen molar-refractivity contribution in [2.45, 2.75) is 13.1 Å². The molecule has 0 saturated heterocycles. The van der Waals surface area contributed by atoms with Crippen LogP contribution >= 0.6 is 0 Å². The summed E-state index contributed by atoms with van der Waals surface area (Å²) < 4.78 is 42.4. The zero-order chi connectivity index (χ0) is 17.1. The molecule has 1 aromatic heterocycles. The number of aromatic nitrogens is 1. The lowest BCUT2D eigenvalue weighted by atomic mass is 10.2. The SMILES string of the molecule is CC(=O)OCC[N+](C)(C)c1ncc(C(F)(F)F)cc1[N+](=O)[O-]. The first-order valence-electron chi connectivity index (χ1n) is 6.13. The fourth-order valence-corrected chi connectivity index (χ4v) is 1.73. The average Bonchev–Trinajstić information content (AvgIpc) is 2.36. The lowest BCUT2D eigenvalue weighted by Crippen LogP contribution is -2.44. The molecule has 10 heteroatoms. The summed E-state index contributed by atoms with van der Waals surface area (Å²) in [5.41, 5.74) is -1.93. The van der Waals surface area contributed by atoms with Crippen LogP contribution in [-0.4, -0.2) is 43.1 Å². The van der Waals surface area contributed by atoms with Crippen LogP contribution in [0.25, 0.3) is 0 Å². The number of esters is 1. The van der Waals surface area contributed by atoms with Gasteiger partial charge in [0.2, 0.25) is 0 Å². The van der Waals surface area contributed by atoms with E-state index in [4.69, 9.17) is 4.74 Å². The molecule has 0 saturated carbocycles. The van der Waals surface area contributed by atoms with Crippen molar-refractivity contribution < 1.29 is 27.6 Å². The number of halogens is 3. The van der Waals surface area contributed by atoms with Crippen molar-refractivity contribution in [1.29, 1.82) is 0 Å². The third-order valence-electron chi connectivity index (χ3n) is 2.90. The number of nitrogens with zero attached hydrogens (tertiary/aromatic N) is 3. The molecule has 0 aliphatic rings. The molecular formula is C12H15F3N3O4+. The second kappa shape index (κ2) is 6.26. The monoisotopic (exact) mass is 322 g/mol. The Morgan fingerprint density at radius 1 is 1.45 bits per heavy atom. The van der Waals surface area contributed by atoms with E-state index in [1.54, 1.807) is 0 Å². The zero-order valence-corrected chi connectivity index (χ0v) is 12.2. The molecule has 1 aromatic rings. The van der Waals surface area contributed by atoms with Crippen molar-refractivity contribution in [1.82, 2.24) is 9.47 Å². The zero-order valence-electron chi connectivity index (χ0n) is 12.2. The van der Waals surface area contributed by atoms with Crippen LogP contribution in [0.5, 0.6) is 0 Å². The van der Waals surface area contributed by atoms with Gasteiger partial charge >= 0.3 is 23.7 Å². The Hall–Kier alpha value is -2.23. The number of hydrogen-bond acceptors (Lipinski definition) is 5. The first-order valence-corrected chi connectivity index (χ1v) is 6.13. The number of likely N-dealkylation sites (N-methyl/N-ethyl adjacent to an activating group) is 1. The number of pyridine rings is 1. The highest BCUT2D eigenvalue weighted by molar-refractivity contribution is 5.65. The second-order valence-electron chi connectivity index (χ2n) is 5.07. The van der Waals surface area contributed by atoms with Crippen molar-refractivity contribution in [3.05, 3.63) is 27.9 Å². The summed E-state index contributed by atoms with van der Waals surface area (Å²) in [5.74, 6) is -0.667. The number of nitro groups is 1. The summed E-state index contributed by atoms with van der Waals surface area (Å²) in [6, 6.07) is 0.453. The van der Waals surface area contributed by atoms with Crippen molar-refractivity contribution >= 4 is 17.5 Å². The molecule has 0 atom stereocenters. The van der Waals surface area contributed by atoms with Gasteiger partial charge in [0.25, 0.3) is 0 Å². The molecule has 0 aliphatic heterocycles. The molecule has 0 N–H and O–H groups in total. The minimum atomic E-state index is -4.72. The lowest BCUT2D eigenvalue weighted by Gasteiger charge is -2.27. The summed E-state index contributed by atoms with van der Waals surface area (Å²) >= 11 is 0. The molecular weight excluding hydrogens is 307 g/mol. The Kier molecular flexibility index (Phi) is 5.07. The Labute approximate surface area is 124 Å². The van der Waals surface area contributed by atoms with E-state index >= 15 is 0 Å². The van der Waals surface area contributed by atoms with Crippen LogP contribution in [0, 0.1) is 10.1 Å². The predicted molar refractivity (Wildman–Crippen MR) is 71.0 cm³/mol. The molecule has 1 rings (SSSR count). The van der Waals surface area contributed by atoms with E-state index in [1.807, 2.05) is 0 Å². The largest absolute Gasteiger partial charge is 0.460 e.